The lowest BCUT2D eigenvalue weighted by atomic mass is 10.2. The molecule has 0 N–H and O–H groups in total. The molecule has 0 radical (unpaired) electrons. The second-order valence-electron chi connectivity index (χ2n) is 8.73. The van der Waals surface area contributed by atoms with Gasteiger partial charge in [0.15, 0.2) is 0 Å². The Balaban J connectivity index is 1.78. The quantitative estimate of drug-likeness (QED) is 0.397. The van der Waals surface area contributed by atoms with Crippen LogP contribution in [0, 0.1) is 0 Å². The van der Waals surface area contributed by atoms with Gasteiger partial charge < -0.3 is 9.64 Å². The van der Waals surface area contributed by atoms with Gasteiger partial charge in [0, 0.05) is 26.2 Å². The average Bonchev–Trinajstić information content (AvgIpc) is 2.86. The van der Waals surface area contributed by atoms with E-state index < -0.39 is 10.0 Å². The molecule has 9 heteroatoms. The first kappa shape index (κ1) is 26.2. The molecule has 2 heterocycles. The molecule has 0 aliphatic carbocycles. The summed E-state index contributed by atoms with van der Waals surface area (Å²) in [6.07, 6.45) is 8.67. The molecule has 3 rings (SSSR count). The maximum Gasteiger partial charge on any atom is 0.316 e. The van der Waals surface area contributed by atoms with Crippen LogP contribution < -0.4 is 15.2 Å². The predicted octanol–water partition coefficient (Wildman–Crippen LogP) is 3.83. The van der Waals surface area contributed by atoms with Crippen molar-refractivity contribution in [1.82, 2.24) is 14.1 Å². The second-order valence-corrected chi connectivity index (χ2v) is 10.8. The van der Waals surface area contributed by atoms with Gasteiger partial charge in [0.2, 0.25) is 15.8 Å². The molecule has 0 spiro atoms. The molecule has 0 saturated carbocycles. The molecule has 0 atom stereocenters. The molecule has 188 valence electrons. The van der Waals surface area contributed by atoms with Crippen LogP contribution in [0.25, 0.3) is 5.69 Å². The predicted molar refractivity (Wildman–Crippen MR) is 137 cm³/mol. The minimum Gasteiger partial charge on any atom is -0.486 e. The van der Waals surface area contributed by atoms with Crippen LogP contribution >= 0.6 is 0 Å². The fourth-order valence-electron chi connectivity index (χ4n) is 4.09. The number of unbranched alkanes of at least 4 members (excludes halogenated alkanes) is 5. The molecule has 0 unspecified atom stereocenters. The average molecular weight is 491 g/mol. The number of aromatic nitrogens is 2. The lowest BCUT2D eigenvalue weighted by Crippen LogP contribution is -2.49. The van der Waals surface area contributed by atoms with Gasteiger partial charge in [0.1, 0.15) is 5.69 Å². The van der Waals surface area contributed by atoms with Crippen molar-refractivity contribution in [2.45, 2.75) is 58.8 Å². The molecular formula is C25H38N4O4S. The van der Waals surface area contributed by atoms with Crippen molar-refractivity contribution >= 4 is 15.7 Å². The molecule has 8 nitrogen and oxygen atoms in total. The van der Waals surface area contributed by atoms with Crippen molar-refractivity contribution in [1.29, 1.82) is 0 Å². The molecule has 1 aliphatic rings. The zero-order chi connectivity index (χ0) is 24.4. The van der Waals surface area contributed by atoms with E-state index in [1.807, 2.05) is 42.2 Å². The van der Waals surface area contributed by atoms with Crippen LogP contribution in [0.4, 0.5) is 5.69 Å². The van der Waals surface area contributed by atoms with Crippen molar-refractivity contribution < 1.29 is 13.2 Å². The first-order valence-electron chi connectivity index (χ1n) is 12.5. The summed E-state index contributed by atoms with van der Waals surface area (Å²) in [5.74, 6) is 0.474. The Labute approximate surface area is 203 Å². The second kappa shape index (κ2) is 12.9. The number of piperazine rings is 1. The van der Waals surface area contributed by atoms with Gasteiger partial charge in [-0.1, -0.05) is 64.2 Å². The molecule has 1 saturated heterocycles. The molecule has 34 heavy (non-hydrogen) atoms. The summed E-state index contributed by atoms with van der Waals surface area (Å²) in [6.45, 7) is 6.41. The summed E-state index contributed by atoms with van der Waals surface area (Å²) in [4.78, 5) is 15.4. The van der Waals surface area contributed by atoms with Crippen LogP contribution in [0.3, 0.4) is 0 Å². The summed E-state index contributed by atoms with van der Waals surface area (Å²) in [6, 6.07) is 9.30. The fraction of sp³-hybridized carbons (Fsp3) is 0.600. The highest BCUT2D eigenvalue weighted by Gasteiger charge is 2.29. The Morgan fingerprint density at radius 1 is 0.912 bits per heavy atom. The first-order valence-corrected chi connectivity index (χ1v) is 14.1. The van der Waals surface area contributed by atoms with Gasteiger partial charge in [-0.05, 0) is 25.0 Å². The van der Waals surface area contributed by atoms with E-state index in [1.165, 1.54) is 17.5 Å². The third-order valence-electron chi connectivity index (χ3n) is 6.14. The maximum absolute atomic E-state index is 13.4. The Morgan fingerprint density at radius 3 is 2.26 bits per heavy atom. The molecule has 0 bridgehead atoms. The zero-order valence-corrected chi connectivity index (χ0v) is 21.3. The normalized spacial score (nSPS) is 14.9. The van der Waals surface area contributed by atoms with Gasteiger partial charge >= 0.3 is 5.56 Å². The van der Waals surface area contributed by atoms with Gasteiger partial charge in [-0.3, -0.25) is 4.79 Å². The van der Waals surface area contributed by atoms with Crippen molar-refractivity contribution in [2.24, 2.45) is 0 Å². The van der Waals surface area contributed by atoms with Crippen LogP contribution in [0.2, 0.25) is 0 Å². The molecule has 1 aromatic carbocycles. The molecular weight excluding hydrogens is 452 g/mol. The third-order valence-corrected chi connectivity index (χ3v) is 8.09. The molecule has 0 amide bonds. The summed E-state index contributed by atoms with van der Waals surface area (Å²) in [7, 11) is -3.24. The van der Waals surface area contributed by atoms with E-state index in [-0.39, 0.29) is 17.1 Å². The Morgan fingerprint density at radius 2 is 1.59 bits per heavy atom. The van der Waals surface area contributed by atoms with Crippen LogP contribution in [-0.2, 0) is 10.0 Å². The van der Waals surface area contributed by atoms with Gasteiger partial charge in [-0.25, -0.2) is 8.42 Å². The van der Waals surface area contributed by atoms with E-state index in [9.17, 15) is 13.2 Å². The third kappa shape index (κ3) is 6.82. The maximum atomic E-state index is 13.4. The number of sulfonamides is 1. The fourth-order valence-corrected chi connectivity index (χ4v) is 5.72. The number of anilines is 1. The highest BCUT2D eigenvalue weighted by molar-refractivity contribution is 7.89. The zero-order valence-electron chi connectivity index (χ0n) is 20.5. The van der Waals surface area contributed by atoms with E-state index in [0.717, 1.165) is 25.7 Å². The van der Waals surface area contributed by atoms with Crippen molar-refractivity contribution in [3.8, 4) is 11.4 Å². The van der Waals surface area contributed by atoms with Crippen LogP contribution in [0.15, 0.2) is 41.3 Å². The lowest BCUT2D eigenvalue weighted by molar-refractivity contribution is 0.297. The Bertz CT molecular complexity index is 1050. The van der Waals surface area contributed by atoms with Crippen molar-refractivity contribution in [3.05, 3.63) is 46.9 Å². The molecule has 1 fully saturated rings. The highest BCUT2D eigenvalue weighted by atomic mass is 32.2. The lowest BCUT2D eigenvalue weighted by Gasteiger charge is -2.35. The highest BCUT2D eigenvalue weighted by Crippen LogP contribution is 2.26. The van der Waals surface area contributed by atoms with E-state index in [2.05, 4.69) is 12.0 Å². The van der Waals surface area contributed by atoms with Crippen LogP contribution in [0.5, 0.6) is 5.75 Å². The Kier molecular flexibility index (Phi) is 9.95. The van der Waals surface area contributed by atoms with Gasteiger partial charge in [-0.2, -0.15) is 14.1 Å². The smallest absolute Gasteiger partial charge is 0.316 e. The van der Waals surface area contributed by atoms with E-state index in [1.54, 1.807) is 10.5 Å². The number of hydrogen-bond donors (Lipinski definition) is 0. The van der Waals surface area contributed by atoms with E-state index in [4.69, 9.17) is 4.74 Å². The topological polar surface area (TPSA) is 84.7 Å². The minimum absolute atomic E-state index is 0.185. The van der Waals surface area contributed by atoms with Gasteiger partial charge in [0.25, 0.3) is 0 Å². The number of para-hydroxylation sites is 1. The molecule has 1 aliphatic heterocycles. The number of ether oxygens (including phenoxy) is 1. The number of benzene rings is 1. The number of rotatable bonds is 13. The molecule has 1 aromatic heterocycles. The van der Waals surface area contributed by atoms with E-state index >= 15 is 0 Å². The van der Waals surface area contributed by atoms with Gasteiger partial charge in [0.05, 0.1) is 24.2 Å². The van der Waals surface area contributed by atoms with Crippen LogP contribution in [0.1, 0.15) is 58.8 Å². The van der Waals surface area contributed by atoms with E-state index in [0.29, 0.717) is 50.6 Å². The van der Waals surface area contributed by atoms with Crippen LogP contribution in [-0.4, -0.2) is 61.0 Å². The molecule has 2 aromatic rings. The number of hydrogen-bond acceptors (Lipinski definition) is 6. The Hall–Kier alpha value is -2.39. The minimum atomic E-state index is -3.24. The monoisotopic (exact) mass is 490 g/mol. The van der Waals surface area contributed by atoms with Crippen molar-refractivity contribution in [2.75, 3.05) is 43.4 Å². The van der Waals surface area contributed by atoms with Crippen molar-refractivity contribution in [3.63, 3.8) is 0 Å². The van der Waals surface area contributed by atoms with Gasteiger partial charge in [-0.15, -0.1) is 0 Å². The standard InChI is InChI=1S/C25H38N4O4S/c1-3-5-7-8-12-19-33-24-23(21-26-29(25(24)30)22-13-10-9-11-14-22)27-15-17-28(18-16-27)34(31,32)20-6-4-2/h9-11,13-14,21H,3-8,12,15-20H2,1-2H3. The SMILES string of the molecule is CCCCCCCOc1c(N2CCN(S(=O)(=O)CCCC)CC2)cnn(-c2ccccc2)c1=O. The number of nitrogens with zero attached hydrogens (tertiary/aromatic N) is 4. The summed E-state index contributed by atoms with van der Waals surface area (Å²) in [5, 5.41) is 4.41. The largest absolute Gasteiger partial charge is 0.486 e. The first-order chi connectivity index (χ1) is 16.5. The summed E-state index contributed by atoms with van der Waals surface area (Å²) < 4.78 is 34.1. The summed E-state index contributed by atoms with van der Waals surface area (Å²) in [5.41, 5.74) is 1.02. The summed E-state index contributed by atoms with van der Waals surface area (Å²) >= 11 is 0.